The molecular weight excluding hydrogens is 749 g/mol. The number of phosphoric acid groups is 1. The van der Waals surface area contributed by atoms with Gasteiger partial charge in [0.15, 0.2) is 6.10 Å². The highest BCUT2D eigenvalue weighted by molar-refractivity contribution is 7.47. The van der Waals surface area contributed by atoms with Crippen LogP contribution in [-0.4, -0.2) is 71.1 Å². The summed E-state index contributed by atoms with van der Waals surface area (Å²) < 4.78 is 32.6. The second kappa shape index (κ2) is 38.6. The van der Waals surface area contributed by atoms with Gasteiger partial charge in [0.25, 0.3) is 0 Å². The summed E-state index contributed by atoms with van der Waals surface area (Å²) in [5.41, 5.74) is 5.32. The molecule has 4 atom stereocenters. The summed E-state index contributed by atoms with van der Waals surface area (Å²) in [6.07, 6.45) is 41.3. The zero-order chi connectivity index (χ0) is 42.2. The lowest BCUT2D eigenvalue weighted by Gasteiger charge is -2.20. The molecule has 1 unspecified atom stereocenters. The molecule has 0 saturated carbocycles. The molecule has 0 amide bonds. The Kier molecular flexibility index (Phi) is 36.7. The van der Waals surface area contributed by atoms with Crippen molar-refractivity contribution >= 4 is 25.7 Å². The summed E-state index contributed by atoms with van der Waals surface area (Å²) in [5, 5.41) is 18.1. The van der Waals surface area contributed by atoms with Crippen LogP contribution in [0, 0.1) is 0 Å². The number of rotatable bonds is 39. The lowest BCUT2D eigenvalue weighted by Crippen LogP contribution is -2.34. The van der Waals surface area contributed by atoms with Gasteiger partial charge in [-0.1, -0.05) is 119 Å². The molecule has 0 fully saturated rings. The maximum atomic E-state index is 12.6. The van der Waals surface area contributed by atoms with Crippen LogP contribution < -0.4 is 5.73 Å². The number of hydrogen-bond donors (Lipinski definition) is 4. The third kappa shape index (κ3) is 39.7. The van der Waals surface area contributed by atoms with Crippen molar-refractivity contribution in [3.63, 3.8) is 0 Å². The molecule has 5 N–H and O–H groups in total. The molecule has 0 aromatic heterocycles. The fourth-order valence-corrected chi connectivity index (χ4v) is 6.14. The van der Waals surface area contributed by atoms with Crippen LogP contribution in [0.5, 0.6) is 0 Å². The first-order valence-corrected chi connectivity index (χ1v) is 22.8. The number of ether oxygens (including phenoxy) is 2. The van der Waals surface area contributed by atoms with Crippen LogP contribution in [0.2, 0.25) is 0 Å². The minimum absolute atomic E-state index is 0.131. The number of allylic oxidation sites excluding steroid dienone is 10. The lowest BCUT2D eigenvalue weighted by molar-refractivity contribution is -0.161. The van der Waals surface area contributed by atoms with E-state index < -0.39 is 51.1 Å². The highest BCUT2D eigenvalue weighted by Crippen LogP contribution is 2.43. The molecule has 57 heavy (non-hydrogen) atoms. The smallest absolute Gasteiger partial charge is 0.472 e. The van der Waals surface area contributed by atoms with E-state index in [0.29, 0.717) is 19.3 Å². The molecule has 0 aromatic rings. The van der Waals surface area contributed by atoms with Crippen molar-refractivity contribution in [2.75, 3.05) is 19.8 Å². The molecule has 0 rings (SSSR count). The van der Waals surface area contributed by atoms with Crippen molar-refractivity contribution < 1.29 is 52.6 Å². The van der Waals surface area contributed by atoms with E-state index in [4.69, 9.17) is 24.8 Å². The van der Waals surface area contributed by atoms with Gasteiger partial charge < -0.3 is 30.3 Å². The van der Waals surface area contributed by atoms with Crippen LogP contribution >= 0.6 is 7.82 Å². The summed E-state index contributed by atoms with van der Waals surface area (Å²) in [4.78, 5) is 45.9. The van der Waals surface area contributed by atoms with Crippen molar-refractivity contribution in [1.82, 2.24) is 0 Å². The number of carbonyl (C=O) groups excluding carboxylic acids is 2. The van der Waals surface area contributed by atoms with Crippen molar-refractivity contribution in [3.05, 3.63) is 60.8 Å². The Labute approximate surface area is 343 Å². The second-order valence-electron chi connectivity index (χ2n) is 14.4. The number of hydrogen-bond acceptors (Lipinski definition) is 10. The number of phosphoric ester groups is 1. The van der Waals surface area contributed by atoms with Gasteiger partial charge in [-0.2, -0.15) is 0 Å². The predicted octanol–water partition coefficient (Wildman–Crippen LogP) is 10.1. The topological polar surface area (TPSA) is 192 Å². The Hall–Kier alpha value is -2.86. The number of unbranched alkanes of at least 4 members (excludes halogenated alkanes) is 13. The molecule has 0 heterocycles. The van der Waals surface area contributed by atoms with Crippen molar-refractivity contribution in [2.24, 2.45) is 5.73 Å². The van der Waals surface area contributed by atoms with Gasteiger partial charge >= 0.3 is 25.7 Å². The first kappa shape index (κ1) is 54.1. The van der Waals surface area contributed by atoms with E-state index in [-0.39, 0.29) is 25.6 Å². The number of carboxylic acid groups (broad SMARTS) is 1. The Morgan fingerprint density at radius 3 is 1.63 bits per heavy atom. The highest BCUT2D eigenvalue weighted by Gasteiger charge is 2.28. The maximum Gasteiger partial charge on any atom is 0.472 e. The zero-order valence-corrected chi connectivity index (χ0v) is 35.9. The summed E-state index contributed by atoms with van der Waals surface area (Å²) in [6.45, 7) is 2.26. The monoisotopic (exact) mass is 826 g/mol. The molecule has 0 spiro atoms. The minimum atomic E-state index is -4.74. The molecule has 12 nitrogen and oxygen atoms in total. The molecule has 328 valence electrons. The normalized spacial score (nSPS) is 14.9. The summed E-state index contributed by atoms with van der Waals surface area (Å²) in [7, 11) is -4.74. The number of nitrogens with two attached hydrogens (primary N) is 1. The number of aliphatic carboxylic acids is 1. The average Bonchev–Trinajstić information content (AvgIpc) is 3.17. The quantitative estimate of drug-likeness (QED) is 0.0199. The van der Waals surface area contributed by atoms with Gasteiger partial charge in [-0.3, -0.25) is 23.4 Å². The van der Waals surface area contributed by atoms with E-state index in [1.54, 1.807) is 0 Å². The summed E-state index contributed by atoms with van der Waals surface area (Å²) in [5.74, 6) is -2.48. The first-order valence-electron chi connectivity index (χ1n) is 21.3. The molecule has 0 bridgehead atoms. The number of aliphatic hydroxyl groups is 1. The van der Waals surface area contributed by atoms with Gasteiger partial charge in [0.1, 0.15) is 12.6 Å². The molecule has 0 aromatic carbocycles. The number of aliphatic hydroxyl groups excluding tert-OH is 1. The molecule has 0 aliphatic heterocycles. The zero-order valence-electron chi connectivity index (χ0n) is 35.0. The Morgan fingerprint density at radius 1 is 0.614 bits per heavy atom. The van der Waals surface area contributed by atoms with E-state index in [1.807, 2.05) is 19.1 Å². The molecule has 0 saturated heterocycles. The first-order chi connectivity index (χ1) is 27.5. The molecular formula is C44H76NO11P. The molecule has 13 heteroatoms. The standard InChI is InChI=1S/C44H76NO11P/c1-3-4-5-6-7-8-9-10-12-17-20-23-26-29-32-35-43(48)56-40(37-54-57(51,52)55-38-41(45)44(49)50)36-53-42(47)34-31-28-25-22-19-16-14-11-13-15-18-21-24-27-30-33-39(2)46/h8-9,13-16,21-22,24-25,39-41,46H,3-7,10-12,17-20,23,26-38,45H2,1-2H3,(H,49,50)(H,51,52)/b9-8-,15-13-,16-14-,24-21-,25-22-/t39-,40-,41+/m1/s1. The molecule has 0 aliphatic carbocycles. The van der Waals surface area contributed by atoms with Crippen LogP contribution in [0.4, 0.5) is 0 Å². The van der Waals surface area contributed by atoms with E-state index in [0.717, 1.165) is 70.6 Å². The minimum Gasteiger partial charge on any atom is -0.480 e. The van der Waals surface area contributed by atoms with E-state index in [9.17, 15) is 28.9 Å². The van der Waals surface area contributed by atoms with Crippen molar-refractivity contribution in [2.45, 2.75) is 180 Å². The van der Waals surface area contributed by atoms with Crippen LogP contribution in [0.3, 0.4) is 0 Å². The van der Waals surface area contributed by atoms with Crippen LogP contribution in [0.1, 0.15) is 162 Å². The van der Waals surface area contributed by atoms with Gasteiger partial charge in [-0.15, -0.1) is 0 Å². The average molecular weight is 826 g/mol. The highest BCUT2D eigenvalue weighted by atomic mass is 31.2. The van der Waals surface area contributed by atoms with E-state index >= 15 is 0 Å². The molecule has 0 aliphatic rings. The number of esters is 2. The Morgan fingerprint density at radius 2 is 1.07 bits per heavy atom. The fourth-order valence-electron chi connectivity index (χ4n) is 5.36. The van der Waals surface area contributed by atoms with Gasteiger partial charge in [-0.05, 0) is 90.4 Å². The second-order valence-corrected chi connectivity index (χ2v) is 15.9. The molecule has 0 radical (unpaired) electrons. The predicted molar refractivity (Wildman–Crippen MR) is 227 cm³/mol. The van der Waals surface area contributed by atoms with Gasteiger partial charge in [-0.25, -0.2) is 4.57 Å². The van der Waals surface area contributed by atoms with Gasteiger partial charge in [0, 0.05) is 12.8 Å². The number of carbonyl (C=O) groups is 3. The number of carboxylic acids is 1. The van der Waals surface area contributed by atoms with Gasteiger partial charge in [0.05, 0.1) is 19.3 Å². The van der Waals surface area contributed by atoms with Crippen molar-refractivity contribution in [1.29, 1.82) is 0 Å². The summed E-state index contributed by atoms with van der Waals surface area (Å²) in [6, 6.07) is -1.54. The van der Waals surface area contributed by atoms with Crippen LogP contribution in [0.25, 0.3) is 0 Å². The lowest BCUT2D eigenvalue weighted by atomic mass is 10.1. The maximum absolute atomic E-state index is 12.6. The van der Waals surface area contributed by atoms with Crippen LogP contribution in [-0.2, 0) is 37.5 Å². The van der Waals surface area contributed by atoms with E-state index in [1.165, 1.54) is 44.9 Å². The fraction of sp³-hybridized carbons (Fsp3) is 0.705. The van der Waals surface area contributed by atoms with Crippen LogP contribution in [0.15, 0.2) is 60.8 Å². The van der Waals surface area contributed by atoms with E-state index in [2.05, 4.69) is 60.1 Å². The third-order valence-electron chi connectivity index (χ3n) is 8.76. The third-order valence-corrected chi connectivity index (χ3v) is 9.71. The Bertz CT molecular complexity index is 1210. The van der Waals surface area contributed by atoms with Gasteiger partial charge in [0.2, 0.25) is 0 Å². The largest absolute Gasteiger partial charge is 0.480 e. The SMILES string of the molecule is CCCCCC/C=C\CCCCCCCCCC(=O)O[C@H](COC(=O)CCC/C=C\C/C=C\C/C=C\C/C=C\CCC[C@@H](C)O)COP(=O)(O)OC[C@H](N)C(=O)O. The Balaban J connectivity index is 4.48. The van der Waals surface area contributed by atoms with Crippen molar-refractivity contribution in [3.8, 4) is 0 Å². The summed E-state index contributed by atoms with van der Waals surface area (Å²) >= 11 is 0.